The van der Waals surface area contributed by atoms with Crippen LogP contribution in [-0.4, -0.2) is 40.1 Å². The Hall–Kier alpha value is -2.02. The number of rotatable bonds is 7. The maximum Gasteiger partial charge on any atom is 0.325 e. The standard InChI is InChI=1S/C22H31N3O3S/c1-4-16(3)29-17-8-9-18(15(2)14-17)23-19(26)10-13-25-20(27)22(24-21(25)28)11-6-5-7-12-22/h8-9,14,16H,4-7,10-13H2,1-3H3,(H,23,26)(H,24,28). The van der Waals surface area contributed by atoms with E-state index in [9.17, 15) is 14.4 Å². The minimum atomic E-state index is -0.731. The molecule has 158 valence electrons. The van der Waals surface area contributed by atoms with E-state index < -0.39 is 5.54 Å². The van der Waals surface area contributed by atoms with Crippen LogP contribution in [0.5, 0.6) is 0 Å². The molecule has 0 radical (unpaired) electrons. The van der Waals surface area contributed by atoms with Crippen molar-refractivity contribution in [2.75, 3.05) is 11.9 Å². The van der Waals surface area contributed by atoms with Crippen molar-refractivity contribution in [2.45, 2.75) is 81.4 Å². The number of aryl methyl sites for hydroxylation is 1. The average molecular weight is 418 g/mol. The zero-order valence-electron chi connectivity index (χ0n) is 17.5. The summed E-state index contributed by atoms with van der Waals surface area (Å²) in [6.45, 7) is 6.45. The molecule has 29 heavy (non-hydrogen) atoms. The highest BCUT2D eigenvalue weighted by atomic mass is 32.2. The maximum absolute atomic E-state index is 12.8. The molecule has 6 nitrogen and oxygen atoms in total. The van der Waals surface area contributed by atoms with Crippen molar-refractivity contribution in [3.8, 4) is 0 Å². The van der Waals surface area contributed by atoms with Crippen LogP contribution in [0.2, 0.25) is 0 Å². The summed E-state index contributed by atoms with van der Waals surface area (Å²) in [5.41, 5.74) is 1.04. The van der Waals surface area contributed by atoms with E-state index in [0.717, 1.165) is 36.9 Å². The number of anilines is 1. The fraction of sp³-hybridized carbons (Fsp3) is 0.591. The van der Waals surface area contributed by atoms with Crippen LogP contribution in [0, 0.1) is 6.92 Å². The lowest BCUT2D eigenvalue weighted by Gasteiger charge is -2.30. The minimum absolute atomic E-state index is 0.0953. The van der Waals surface area contributed by atoms with Gasteiger partial charge >= 0.3 is 6.03 Å². The zero-order chi connectivity index (χ0) is 21.0. The summed E-state index contributed by atoms with van der Waals surface area (Å²) in [5, 5.41) is 6.34. The van der Waals surface area contributed by atoms with Crippen molar-refractivity contribution in [1.82, 2.24) is 10.2 Å². The Balaban J connectivity index is 1.55. The molecular formula is C22H31N3O3S. The Morgan fingerprint density at radius 1 is 1.28 bits per heavy atom. The molecule has 3 rings (SSSR count). The third-order valence-corrected chi connectivity index (χ3v) is 7.16. The minimum Gasteiger partial charge on any atom is -0.326 e. The van der Waals surface area contributed by atoms with Crippen molar-refractivity contribution in [1.29, 1.82) is 0 Å². The summed E-state index contributed by atoms with van der Waals surface area (Å²) in [7, 11) is 0. The van der Waals surface area contributed by atoms with Crippen molar-refractivity contribution in [3.63, 3.8) is 0 Å². The number of amides is 4. The van der Waals surface area contributed by atoms with Crippen LogP contribution in [0.25, 0.3) is 0 Å². The number of hydrogen-bond acceptors (Lipinski definition) is 4. The largest absolute Gasteiger partial charge is 0.326 e. The summed E-state index contributed by atoms with van der Waals surface area (Å²) in [6.07, 6.45) is 5.59. The molecule has 1 aliphatic carbocycles. The van der Waals surface area contributed by atoms with Crippen LogP contribution in [0.3, 0.4) is 0 Å². The molecule has 2 aliphatic rings. The third-order valence-electron chi connectivity index (χ3n) is 5.90. The van der Waals surface area contributed by atoms with Crippen LogP contribution >= 0.6 is 11.8 Å². The van der Waals surface area contributed by atoms with Gasteiger partial charge in [-0.1, -0.05) is 33.1 Å². The molecule has 1 aromatic rings. The summed E-state index contributed by atoms with van der Waals surface area (Å²) in [5.74, 6) is -0.363. The van der Waals surface area contributed by atoms with E-state index in [4.69, 9.17) is 0 Å². The summed E-state index contributed by atoms with van der Waals surface area (Å²) >= 11 is 1.82. The topological polar surface area (TPSA) is 78.5 Å². The Morgan fingerprint density at radius 3 is 2.66 bits per heavy atom. The zero-order valence-corrected chi connectivity index (χ0v) is 18.4. The number of nitrogens with one attached hydrogen (secondary N) is 2. The fourth-order valence-electron chi connectivity index (χ4n) is 3.96. The molecule has 1 aromatic carbocycles. The second-order valence-electron chi connectivity index (χ2n) is 8.14. The first-order chi connectivity index (χ1) is 13.8. The second-order valence-corrected chi connectivity index (χ2v) is 9.65. The van der Waals surface area contributed by atoms with Crippen molar-refractivity contribution in [2.24, 2.45) is 0 Å². The van der Waals surface area contributed by atoms with Gasteiger partial charge in [-0.25, -0.2) is 4.79 Å². The maximum atomic E-state index is 12.8. The normalized spacial score (nSPS) is 19.3. The van der Waals surface area contributed by atoms with Gasteiger partial charge in [-0.05, 0) is 49.9 Å². The molecule has 1 aliphatic heterocycles. The lowest BCUT2D eigenvalue weighted by atomic mass is 9.82. The van der Waals surface area contributed by atoms with Crippen LogP contribution in [0.4, 0.5) is 10.5 Å². The van der Waals surface area contributed by atoms with E-state index in [-0.39, 0.29) is 30.8 Å². The first-order valence-electron chi connectivity index (χ1n) is 10.6. The van der Waals surface area contributed by atoms with E-state index in [1.807, 2.05) is 30.8 Å². The summed E-state index contributed by atoms with van der Waals surface area (Å²) < 4.78 is 0. The van der Waals surface area contributed by atoms with E-state index in [2.05, 4.69) is 30.5 Å². The number of imide groups is 1. The van der Waals surface area contributed by atoms with Crippen LogP contribution in [0.1, 0.15) is 64.4 Å². The molecule has 0 aromatic heterocycles. The first kappa shape index (κ1) is 21.7. The lowest BCUT2D eigenvalue weighted by Crippen LogP contribution is -2.48. The number of thioether (sulfide) groups is 1. The monoisotopic (exact) mass is 417 g/mol. The highest BCUT2D eigenvalue weighted by Crippen LogP contribution is 2.33. The number of nitrogens with zero attached hydrogens (tertiary/aromatic N) is 1. The Labute approximate surface area is 177 Å². The molecule has 1 heterocycles. The predicted octanol–water partition coefficient (Wildman–Crippen LogP) is 4.47. The number of hydrogen-bond donors (Lipinski definition) is 2. The van der Waals surface area contributed by atoms with Gasteiger partial charge in [0.15, 0.2) is 0 Å². The number of carbonyl (C=O) groups is 3. The lowest BCUT2D eigenvalue weighted by molar-refractivity contribution is -0.132. The van der Waals surface area contributed by atoms with Crippen LogP contribution in [0.15, 0.2) is 23.1 Å². The molecule has 0 bridgehead atoms. The number of urea groups is 1. The molecule has 2 N–H and O–H groups in total. The molecule has 4 amide bonds. The Bertz CT molecular complexity index is 790. The molecule has 1 spiro atoms. The van der Waals surface area contributed by atoms with Gasteiger partial charge in [0.25, 0.3) is 5.91 Å². The van der Waals surface area contributed by atoms with Crippen molar-refractivity contribution >= 4 is 35.3 Å². The van der Waals surface area contributed by atoms with Crippen LogP contribution in [-0.2, 0) is 9.59 Å². The van der Waals surface area contributed by atoms with Crippen molar-refractivity contribution < 1.29 is 14.4 Å². The Morgan fingerprint density at radius 2 is 2.00 bits per heavy atom. The summed E-state index contributed by atoms with van der Waals surface area (Å²) in [6, 6.07) is 5.65. The van der Waals surface area contributed by atoms with E-state index >= 15 is 0 Å². The first-order valence-corrected chi connectivity index (χ1v) is 11.4. The molecule has 1 saturated heterocycles. The van der Waals surface area contributed by atoms with E-state index in [1.165, 1.54) is 9.80 Å². The number of benzene rings is 1. The molecule has 1 unspecified atom stereocenters. The van der Waals surface area contributed by atoms with Gasteiger partial charge in [-0.2, -0.15) is 0 Å². The predicted molar refractivity (Wildman–Crippen MR) is 116 cm³/mol. The highest BCUT2D eigenvalue weighted by Gasteiger charge is 2.51. The van der Waals surface area contributed by atoms with Gasteiger partial charge in [0, 0.05) is 28.8 Å². The second kappa shape index (κ2) is 9.20. The molecule has 1 atom stereocenters. The highest BCUT2D eigenvalue weighted by molar-refractivity contribution is 7.99. The van der Waals surface area contributed by atoms with Gasteiger partial charge in [0.05, 0.1) is 0 Å². The van der Waals surface area contributed by atoms with Gasteiger partial charge in [-0.3, -0.25) is 14.5 Å². The molecular weight excluding hydrogens is 386 g/mol. The van der Waals surface area contributed by atoms with Crippen molar-refractivity contribution in [3.05, 3.63) is 23.8 Å². The van der Waals surface area contributed by atoms with E-state index in [1.54, 1.807) is 0 Å². The SMILES string of the molecule is CCC(C)Sc1ccc(NC(=O)CCN2C(=O)NC3(CCCCC3)C2=O)c(C)c1. The van der Waals surface area contributed by atoms with Gasteiger partial charge in [0.2, 0.25) is 5.91 Å². The quantitative estimate of drug-likeness (QED) is 0.507. The smallest absolute Gasteiger partial charge is 0.325 e. The van der Waals surface area contributed by atoms with Gasteiger partial charge in [0.1, 0.15) is 5.54 Å². The molecule has 7 heteroatoms. The Kier molecular flexibility index (Phi) is 6.88. The third kappa shape index (κ3) is 4.94. The number of carbonyl (C=O) groups excluding carboxylic acids is 3. The fourth-order valence-corrected chi connectivity index (χ4v) is 4.99. The average Bonchev–Trinajstić information content (AvgIpc) is 2.92. The van der Waals surface area contributed by atoms with E-state index in [0.29, 0.717) is 18.1 Å². The molecule has 2 fully saturated rings. The summed E-state index contributed by atoms with van der Waals surface area (Å²) in [4.78, 5) is 39.9. The van der Waals surface area contributed by atoms with Crippen LogP contribution < -0.4 is 10.6 Å². The van der Waals surface area contributed by atoms with Gasteiger partial charge in [-0.15, -0.1) is 11.8 Å². The molecule has 1 saturated carbocycles. The van der Waals surface area contributed by atoms with Gasteiger partial charge < -0.3 is 10.6 Å².